The predicted molar refractivity (Wildman–Crippen MR) is 111 cm³/mol. The minimum absolute atomic E-state index is 0.205. The maximum Gasteiger partial charge on any atom is 0.267 e. The molecule has 0 aliphatic heterocycles. The van der Waals surface area contributed by atoms with Crippen LogP contribution in [0.4, 0.5) is 0 Å². The molecule has 0 fully saturated rings. The van der Waals surface area contributed by atoms with Crippen LogP contribution >= 0.6 is 0 Å². The second-order valence-corrected chi connectivity index (χ2v) is 6.56. The molecule has 6 heteroatoms. The topological polar surface area (TPSA) is 70.7 Å². The van der Waals surface area contributed by atoms with E-state index in [0.717, 1.165) is 18.5 Å². The van der Waals surface area contributed by atoms with Crippen LogP contribution in [-0.4, -0.2) is 51.0 Å². The lowest BCUT2D eigenvalue weighted by molar-refractivity contribution is -0.117. The molecule has 0 atom stereocenters. The monoisotopic (exact) mass is 381 g/mol. The van der Waals surface area contributed by atoms with Gasteiger partial charge in [0.2, 0.25) is 0 Å². The summed E-state index contributed by atoms with van der Waals surface area (Å²) < 4.78 is 5.11. The number of ether oxygens (including phenoxy) is 1. The van der Waals surface area contributed by atoms with E-state index in [-0.39, 0.29) is 17.5 Å². The van der Waals surface area contributed by atoms with Crippen LogP contribution in [0.1, 0.15) is 22.3 Å². The Morgan fingerprint density at radius 3 is 2.32 bits per heavy atom. The first-order chi connectivity index (χ1) is 13.5. The molecule has 2 aromatic rings. The van der Waals surface area contributed by atoms with Crippen molar-refractivity contribution in [2.75, 3.05) is 34.3 Å². The van der Waals surface area contributed by atoms with Crippen molar-refractivity contribution >= 4 is 17.9 Å². The van der Waals surface area contributed by atoms with Gasteiger partial charge >= 0.3 is 0 Å². The van der Waals surface area contributed by atoms with Gasteiger partial charge < -0.3 is 20.3 Å². The highest BCUT2D eigenvalue weighted by molar-refractivity contribution is 6.05. The Morgan fingerprint density at radius 2 is 1.71 bits per heavy atom. The Labute approximate surface area is 166 Å². The largest absolute Gasteiger partial charge is 0.497 e. The summed E-state index contributed by atoms with van der Waals surface area (Å²) in [6.07, 6.45) is 2.49. The third kappa shape index (κ3) is 6.89. The summed E-state index contributed by atoms with van der Waals surface area (Å²) >= 11 is 0. The first-order valence-electron chi connectivity index (χ1n) is 9.14. The summed E-state index contributed by atoms with van der Waals surface area (Å²) in [5.41, 5.74) is 1.48. The van der Waals surface area contributed by atoms with E-state index in [2.05, 4.69) is 15.5 Å². The Balaban J connectivity index is 2.12. The molecule has 2 aromatic carbocycles. The zero-order valence-electron chi connectivity index (χ0n) is 16.6. The molecule has 0 radical (unpaired) electrons. The maximum absolute atomic E-state index is 12.6. The number of amides is 2. The lowest BCUT2D eigenvalue weighted by Gasteiger charge is -2.13. The van der Waals surface area contributed by atoms with E-state index in [4.69, 9.17) is 4.74 Å². The molecule has 2 amide bonds. The summed E-state index contributed by atoms with van der Waals surface area (Å²) in [5.74, 6) is -0.00650. The first kappa shape index (κ1) is 21.2. The number of carbonyl (C=O) groups excluding carboxylic acids is 2. The van der Waals surface area contributed by atoms with E-state index >= 15 is 0 Å². The molecule has 0 aromatic heterocycles. The molecule has 0 bridgehead atoms. The number of carbonyl (C=O) groups is 2. The van der Waals surface area contributed by atoms with E-state index in [1.54, 1.807) is 37.5 Å². The van der Waals surface area contributed by atoms with Crippen molar-refractivity contribution in [3.63, 3.8) is 0 Å². The van der Waals surface area contributed by atoms with Gasteiger partial charge in [0.1, 0.15) is 11.4 Å². The summed E-state index contributed by atoms with van der Waals surface area (Å²) in [7, 11) is 5.53. The van der Waals surface area contributed by atoms with Crippen molar-refractivity contribution in [2.24, 2.45) is 0 Å². The summed E-state index contributed by atoms with van der Waals surface area (Å²) in [5, 5.41) is 5.59. The Morgan fingerprint density at radius 1 is 1.04 bits per heavy atom. The Bertz CT molecular complexity index is 800. The highest BCUT2D eigenvalue weighted by atomic mass is 16.5. The molecule has 0 saturated carbocycles. The standard InChI is InChI=1S/C22H27N3O3/c1-25(2)15-7-14-23-22(27)20(16-17-8-5-4-6-9-17)24-21(26)18-10-12-19(28-3)13-11-18/h4-6,8-13,16H,7,14-15H2,1-3H3,(H,23,27)(H,24,26)/b20-16-. The second-order valence-electron chi connectivity index (χ2n) is 6.56. The third-order valence-corrected chi connectivity index (χ3v) is 4.02. The van der Waals surface area contributed by atoms with Gasteiger partial charge in [-0.25, -0.2) is 0 Å². The van der Waals surface area contributed by atoms with Gasteiger partial charge in [0, 0.05) is 12.1 Å². The van der Waals surface area contributed by atoms with Crippen LogP contribution in [0.5, 0.6) is 5.75 Å². The van der Waals surface area contributed by atoms with Crippen molar-refractivity contribution in [1.29, 1.82) is 0 Å². The Hall–Kier alpha value is -3.12. The van der Waals surface area contributed by atoms with Crippen LogP contribution in [0, 0.1) is 0 Å². The molecular weight excluding hydrogens is 354 g/mol. The highest BCUT2D eigenvalue weighted by Gasteiger charge is 2.14. The number of rotatable bonds is 9. The lowest BCUT2D eigenvalue weighted by atomic mass is 10.1. The van der Waals surface area contributed by atoms with Gasteiger partial charge in [0.25, 0.3) is 11.8 Å². The van der Waals surface area contributed by atoms with Crippen LogP contribution in [0.25, 0.3) is 6.08 Å². The van der Waals surface area contributed by atoms with Gasteiger partial charge in [0.15, 0.2) is 0 Å². The van der Waals surface area contributed by atoms with Crippen LogP contribution < -0.4 is 15.4 Å². The van der Waals surface area contributed by atoms with E-state index in [0.29, 0.717) is 17.9 Å². The smallest absolute Gasteiger partial charge is 0.267 e. The summed E-state index contributed by atoms with van der Waals surface area (Å²) in [4.78, 5) is 27.3. The number of nitrogens with one attached hydrogen (secondary N) is 2. The Kier molecular flexibility index (Phi) is 8.24. The molecule has 2 rings (SSSR count). The molecule has 148 valence electrons. The second kappa shape index (κ2) is 10.9. The third-order valence-electron chi connectivity index (χ3n) is 4.02. The van der Waals surface area contributed by atoms with Crippen molar-refractivity contribution in [3.05, 3.63) is 71.4 Å². The lowest BCUT2D eigenvalue weighted by Crippen LogP contribution is -2.36. The fraction of sp³-hybridized carbons (Fsp3) is 0.273. The van der Waals surface area contributed by atoms with E-state index in [9.17, 15) is 9.59 Å². The van der Waals surface area contributed by atoms with Crippen molar-refractivity contribution in [1.82, 2.24) is 15.5 Å². The number of hydrogen-bond acceptors (Lipinski definition) is 4. The molecule has 28 heavy (non-hydrogen) atoms. The van der Waals surface area contributed by atoms with Gasteiger partial charge in [-0.1, -0.05) is 30.3 Å². The molecule has 0 aliphatic carbocycles. The molecule has 0 spiro atoms. The number of hydrogen-bond donors (Lipinski definition) is 2. The molecule has 0 heterocycles. The number of benzene rings is 2. The zero-order chi connectivity index (χ0) is 20.4. The first-order valence-corrected chi connectivity index (χ1v) is 9.14. The normalized spacial score (nSPS) is 11.2. The van der Waals surface area contributed by atoms with Gasteiger partial charge in [-0.05, 0) is 63.0 Å². The fourth-order valence-corrected chi connectivity index (χ4v) is 2.50. The average Bonchev–Trinajstić information content (AvgIpc) is 2.71. The van der Waals surface area contributed by atoms with Gasteiger partial charge in [-0.3, -0.25) is 9.59 Å². The average molecular weight is 381 g/mol. The minimum atomic E-state index is -0.353. The van der Waals surface area contributed by atoms with Gasteiger partial charge in [0.05, 0.1) is 7.11 Å². The zero-order valence-corrected chi connectivity index (χ0v) is 16.6. The van der Waals surface area contributed by atoms with Crippen LogP contribution in [0.2, 0.25) is 0 Å². The van der Waals surface area contributed by atoms with Crippen molar-refractivity contribution in [2.45, 2.75) is 6.42 Å². The quantitative estimate of drug-likeness (QED) is 0.517. The molecule has 0 aliphatic rings. The SMILES string of the molecule is COc1ccc(C(=O)N/C(=C\c2ccccc2)C(=O)NCCCN(C)C)cc1. The predicted octanol–water partition coefficient (Wildman–Crippen LogP) is 2.53. The summed E-state index contributed by atoms with van der Waals surface area (Å²) in [6, 6.07) is 16.1. The molecule has 0 saturated heterocycles. The van der Waals surface area contributed by atoms with E-state index < -0.39 is 0 Å². The van der Waals surface area contributed by atoms with Crippen molar-refractivity contribution < 1.29 is 14.3 Å². The van der Waals surface area contributed by atoms with Crippen LogP contribution in [-0.2, 0) is 4.79 Å². The summed E-state index contributed by atoms with van der Waals surface area (Å²) in [6.45, 7) is 1.40. The fourth-order valence-electron chi connectivity index (χ4n) is 2.50. The highest BCUT2D eigenvalue weighted by Crippen LogP contribution is 2.12. The molecule has 0 unspecified atom stereocenters. The van der Waals surface area contributed by atoms with Gasteiger partial charge in [-0.15, -0.1) is 0 Å². The molecular formula is C22H27N3O3. The van der Waals surface area contributed by atoms with Crippen LogP contribution in [0.15, 0.2) is 60.3 Å². The molecule has 6 nitrogen and oxygen atoms in total. The van der Waals surface area contributed by atoms with E-state index in [1.807, 2.05) is 44.4 Å². The number of nitrogens with zero attached hydrogens (tertiary/aromatic N) is 1. The minimum Gasteiger partial charge on any atom is -0.497 e. The van der Waals surface area contributed by atoms with Gasteiger partial charge in [-0.2, -0.15) is 0 Å². The maximum atomic E-state index is 12.6. The van der Waals surface area contributed by atoms with Crippen LogP contribution in [0.3, 0.4) is 0 Å². The van der Waals surface area contributed by atoms with E-state index in [1.165, 1.54) is 0 Å². The van der Waals surface area contributed by atoms with Crippen molar-refractivity contribution in [3.8, 4) is 5.75 Å². The molecule has 2 N–H and O–H groups in total. The number of methoxy groups -OCH3 is 1.